The number of ether oxygens (including phenoxy) is 1. The molecule has 0 aliphatic carbocycles. The number of nitrogens with zero attached hydrogens (tertiary/aromatic N) is 1. The Hall–Kier alpha value is -1.10. The van der Waals surface area contributed by atoms with E-state index in [2.05, 4.69) is 0 Å². The summed E-state index contributed by atoms with van der Waals surface area (Å²) in [5.74, 6) is -0.388. The van der Waals surface area contributed by atoms with Gasteiger partial charge in [0.25, 0.3) is 0 Å². The van der Waals surface area contributed by atoms with Crippen molar-refractivity contribution in [3.63, 3.8) is 0 Å². The first-order valence-corrected chi connectivity index (χ1v) is 5.37. The van der Waals surface area contributed by atoms with Crippen molar-refractivity contribution >= 4 is 11.9 Å². The lowest BCUT2D eigenvalue weighted by Crippen LogP contribution is -2.36. The molecule has 0 aromatic heterocycles. The number of amides is 1. The van der Waals surface area contributed by atoms with Crippen molar-refractivity contribution in [3.05, 3.63) is 0 Å². The number of carbonyl (C=O) groups is 2. The van der Waals surface area contributed by atoms with Crippen molar-refractivity contribution < 1.29 is 14.3 Å². The van der Waals surface area contributed by atoms with Crippen molar-refractivity contribution in [2.75, 3.05) is 26.2 Å². The van der Waals surface area contributed by atoms with E-state index in [1.807, 2.05) is 4.90 Å². The average molecular weight is 214 g/mol. The van der Waals surface area contributed by atoms with Crippen molar-refractivity contribution in [1.82, 2.24) is 4.90 Å². The molecule has 0 unspecified atom stereocenters. The van der Waals surface area contributed by atoms with E-state index in [1.165, 1.54) is 6.42 Å². The molecule has 1 amide bonds. The summed E-state index contributed by atoms with van der Waals surface area (Å²) >= 11 is 0. The van der Waals surface area contributed by atoms with Crippen LogP contribution in [-0.4, -0.2) is 43.0 Å². The van der Waals surface area contributed by atoms with Crippen LogP contribution in [0.2, 0.25) is 0 Å². The first-order valence-electron chi connectivity index (χ1n) is 5.37. The zero-order valence-corrected chi connectivity index (χ0v) is 8.91. The van der Waals surface area contributed by atoms with Gasteiger partial charge in [0.1, 0.15) is 6.61 Å². The summed E-state index contributed by atoms with van der Waals surface area (Å²) in [6.07, 6.45) is 3.63. The van der Waals surface area contributed by atoms with E-state index in [-0.39, 0.29) is 25.5 Å². The molecule has 5 heteroatoms. The van der Waals surface area contributed by atoms with Crippen LogP contribution in [-0.2, 0) is 14.3 Å². The van der Waals surface area contributed by atoms with E-state index in [0.29, 0.717) is 0 Å². The maximum atomic E-state index is 11.6. The Balaban J connectivity index is 2.14. The number of nitrogens with two attached hydrogens (primary N) is 1. The van der Waals surface area contributed by atoms with Gasteiger partial charge in [0.2, 0.25) is 5.91 Å². The normalized spacial score (nSPS) is 16.2. The van der Waals surface area contributed by atoms with E-state index < -0.39 is 5.97 Å². The van der Waals surface area contributed by atoms with Crippen LogP contribution >= 0.6 is 0 Å². The van der Waals surface area contributed by atoms with Gasteiger partial charge in [0, 0.05) is 13.1 Å². The van der Waals surface area contributed by atoms with Crippen LogP contribution in [0.5, 0.6) is 0 Å². The molecule has 0 bridgehead atoms. The fourth-order valence-corrected chi connectivity index (χ4v) is 1.61. The number of rotatable bonds is 4. The van der Waals surface area contributed by atoms with E-state index >= 15 is 0 Å². The van der Waals surface area contributed by atoms with Gasteiger partial charge in [-0.25, -0.2) is 0 Å². The highest BCUT2D eigenvalue weighted by Gasteiger charge is 2.16. The van der Waals surface area contributed by atoms with E-state index in [9.17, 15) is 9.59 Å². The number of hydrogen-bond donors (Lipinski definition) is 1. The number of esters is 1. The lowest BCUT2D eigenvalue weighted by Gasteiger charge is -2.26. The molecule has 0 spiro atoms. The number of likely N-dealkylation sites (tertiary alicyclic amines) is 1. The van der Waals surface area contributed by atoms with Gasteiger partial charge in [-0.05, 0) is 19.3 Å². The molecule has 2 N–H and O–H groups in total. The molecule has 0 saturated carbocycles. The lowest BCUT2D eigenvalue weighted by molar-refractivity contribution is -0.143. The molecule has 0 radical (unpaired) electrons. The summed E-state index contributed by atoms with van der Waals surface area (Å²) in [6.45, 7) is 1.69. The van der Waals surface area contributed by atoms with Gasteiger partial charge < -0.3 is 15.4 Å². The molecule has 0 atom stereocenters. The van der Waals surface area contributed by atoms with Gasteiger partial charge in [-0.15, -0.1) is 0 Å². The van der Waals surface area contributed by atoms with Gasteiger partial charge in [-0.1, -0.05) is 0 Å². The standard InChI is InChI=1S/C10H18N2O3/c11-8-10(14)15-7-4-9(13)12-5-2-1-3-6-12/h1-8,11H2. The van der Waals surface area contributed by atoms with Gasteiger partial charge in [0.15, 0.2) is 0 Å². The predicted molar refractivity (Wildman–Crippen MR) is 55.1 cm³/mol. The summed E-state index contributed by atoms with van der Waals surface area (Å²) in [5, 5.41) is 0. The number of piperidine rings is 1. The van der Waals surface area contributed by atoms with Crippen LogP contribution in [0.15, 0.2) is 0 Å². The molecule has 1 fully saturated rings. The molecule has 86 valence electrons. The molecule has 1 rings (SSSR count). The van der Waals surface area contributed by atoms with Crippen molar-refractivity contribution in [1.29, 1.82) is 0 Å². The fraction of sp³-hybridized carbons (Fsp3) is 0.800. The second-order valence-electron chi connectivity index (χ2n) is 3.62. The first-order chi connectivity index (χ1) is 7.24. The Bertz CT molecular complexity index is 225. The zero-order valence-electron chi connectivity index (χ0n) is 8.91. The van der Waals surface area contributed by atoms with E-state index in [4.69, 9.17) is 10.5 Å². The summed E-state index contributed by atoms with van der Waals surface area (Å²) in [6, 6.07) is 0. The van der Waals surface area contributed by atoms with Crippen LogP contribution in [0.4, 0.5) is 0 Å². The van der Waals surface area contributed by atoms with E-state index in [0.717, 1.165) is 25.9 Å². The van der Waals surface area contributed by atoms with Gasteiger partial charge in [-0.2, -0.15) is 0 Å². The van der Waals surface area contributed by atoms with Crippen molar-refractivity contribution in [2.45, 2.75) is 25.7 Å². The second kappa shape index (κ2) is 6.40. The Morgan fingerprint density at radius 2 is 1.87 bits per heavy atom. The maximum absolute atomic E-state index is 11.6. The Morgan fingerprint density at radius 1 is 1.20 bits per heavy atom. The topological polar surface area (TPSA) is 72.6 Å². The molecular weight excluding hydrogens is 196 g/mol. The molecule has 1 aliphatic rings. The minimum Gasteiger partial charge on any atom is -0.464 e. The molecule has 1 aliphatic heterocycles. The highest BCUT2D eigenvalue weighted by atomic mass is 16.5. The predicted octanol–water partition coefficient (Wildman–Crippen LogP) is -0.109. The summed E-state index contributed by atoms with van der Waals surface area (Å²) in [7, 11) is 0. The molecular formula is C10H18N2O3. The molecule has 15 heavy (non-hydrogen) atoms. The van der Waals surface area contributed by atoms with E-state index in [1.54, 1.807) is 0 Å². The SMILES string of the molecule is NCC(=O)OCCC(=O)N1CCCCC1. The van der Waals surface area contributed by atoms with Crippen molar-refractivity contribution in [3.8, 4) is 0 Å². The molecule has 0 aromatic carbocycles. The Morgan fingerprint density at radius 3 is 2.47 bits per heavy atom. The third kappa shape index (κ3) is 4.29. The maximum Gasteiger partial charge on any atom is 0.319 e. The Kier molecular flexibility index (Phi) is 5.10. The van der Waals surface area contributed by atoms with Crippen LogP contribution < -0.4 is 5.73 Å². The summed E-state index contributed by atoms with van der Waals surface area (Å²) in [4.78, 5) is 24.1. The molecule has 1 heterocycles. The summed E-state index contributed by atoms with van der Waals surface area (Å²) < 4.78 is 4.74. The van der Waals surface area contributed by atoms with Gasteiger partial charge in [-0.3, -0.25) is 9.59 Å². The fourth-order valence-electron chi connectivity index (χ4n) is 1.61. The Labute approximate surface area is 89.6 Å². The van der Waals surface area contributed by atoms with Crippen LogP contribution in [0, 0.1) is 0 Å². The molecule has 0 aromatic rings. The highest BCUT2D eigenvalue weighted by Crippen LogP contribution is 2.09. The first kappa shape index (κ1) is 12.0. The lowest BCUT2D eigenvalue weighted by atomic mass is 10.1. The quantitative estimate of drug-likeness (QED) is 0.663. The van der Waals surface area contributed by atoms with Crippen LogP contribution in [0.25, 0.3) is 0 Å². The monoisotopic (exact) mass is 214 g/mol. The molecule has 5 nitrogen and oxygen atoms in total. The minimum absolute atomic E-state index is 0.0690. The molecule has 1 saturated heterocycles. The third-order valence-corrected chi connectivity index (χ3v) is 2.45. The number of carbonyl (C=O) groups excluding carboxylic acids is 2. The second-order valence-corrected chi connectivity index (χ2v) is 3.62. The van der Waals surface area contributed by atoms with Crippen LogP contribution in [0.1, 0.15) is 25.7 Å². The van der Waals surface area contributed by atoms with Crippen LogP contribution in [0.3, 0.4) is 0 Å². The summed E-state index contributed by atoms with van der Waals surface area (Å²) in [5.41, 5.74) is 5.06. The third-order valence-electron chi connectivity index (χ3n) is 2.45. The highest BCUT2D eigenvalue weighted by molar-refractivity contribution is 5.77. The van der Waals surface area contributed by atoms with Crippen molar-refractivity contribution in [2.24, 2.45) is 5.73 Å². The zero-order chi connectivity index (χ0) is 11.1. The largest absolute Gasteiger partial charge is 0.464 e. The smallest absolute Gasteiger partial charge is 0.319 e. The number of hydrogen-bond acceptors (Lipinski definition) is 4. The van der Waals surface area contributed by atoms with Gasteiger partial charge >= 0.3 is 5.97 Å². The van der Waals surface area contributed by atoms with Gasteiger partial charge in [0.05, 0.1) is 13.0 Å². The average Bonchev–Trinajstić information content (AvgIpc) is 2.29. The minimum atomic E-state index is -0.457.